The van der Waals surface area contributed by atoms with E-state index >= 15 is 0 Å². The highest BCUT2D eigenvalue weighted by Crippen LogP contribution is 2.35. The van der Waals surface area contributed by atoms with Gasteiger partial charge in [0.1, 0.15) is 23.5 Å². The van der Waals surface area contributed by atoms with Crippen molar-refractivity contribution in [3.63, 3.8) is 0 Å². The van der Waals surface area contributed by atoms with Gasteiger partial charge in [0, 0.05) is 30.6 Å². The van der Waals surface area contributed by atoms with Gasteiger partial charge in [-0.15, -0.1) is 0 Å². The van der Waals surface area contributed by atoms with Crippen LogP contribution in [-0.4, -0.2) is 32.8 Å². The Morgan fingerprint density at radius 1 is 1.33 bits per heavy atom. The number of amides is 1. The van der Waals surface area contributed by atoms with Gasteiger partial charge in [0.2, 0.25) is 5.91 Å². The molecule has 7 nitrogen and oxygen atoms in total. The van der Waals surface area contributed by atoms with E-state index < -0.39 is 0 Å². The summed E-state index contributed by atoms with van der Waals surface area (Å²) in [5, 5.41) is 8.19. The maximum Gasteiger partial charge on any atom is 0.227 e. The molecule has 3 aromatic rings. The third-order valence-corrected chi connectivity index (χ3v) is 4.12. The van der Waals surface area contributed by atoms with Crippen LogP contribution in [0.25, 0.3) is 22.3 Å². The Bertz CT molecular complexity index is 930. The van der Waals surface area contributed by atoms with E-state index in [0.717, 1.165) is 35.1 Å². The highest BCUT2D eigenvalue weighted by molar-refractivity contribution is 6.00. The minimum Gasteiger partial charge on any atom is -0.494 e. The van der Waals surface area contributed by atoms with E-state index in [1.165, 1.54) is 6.33 Å². The van der Waals surface area contributed by atoms with E-state index in [2.05, 4.69) is 20.4 Å². The normalized spacial score (nSPS) is 13.9. The maximum absolute atomic E-state index is 12.1. The number of benzene rings is 1. The Morgan fingerprint density at radius 2 is 2.17 bits per heavy atom. The first-order chi connectivity index (χ1) is 11.7. The average molecular weight is 323 g/mol. The number of fused-ring (bicyclic) bond motifs is 1. The second-order valence-corrected chi connectivity index (χ2v) is 5.93. The zero-order valence-electron chi connectivity index (χ0n) is 13.5. The summed E-state index contributed by atoms with van der Waals surface area (Å²) in [6, 6.07) is 5.57. The smallest absolute Gasteiger partial charge is 0.227 e. The zero-order chi connectivity index (χ0) is 16.7. The summed E-state index contributed by atoms with van der Waals surface area (Å²) in [6.07, 6.45) is 5.27. The summed E-state index contributed by atoms with van der Waals surface area (Å²) in [5.74, 6) is 0.735. The van der Waals surface area contributed by atoms with Gasteiger partial charge >= 0.3 is 0 Å². The lowest BCUT2D eigenvalue weighted by Crippen LogP contribution is -2.14. The lowest BCUT2D eigenvalue weighted by Gasteiger charge is -2.12. The maximum atomic E-state index is 12.1. The highest BCUT2D eigenvalue weighted by Gasteiger charge is 2.30. The summed E-state index contributed by atoms with van der Waals surface area (Å²) in [6.45, 7) is 0. The minimum absolute atomic E-state index is 0.0314. The lowest BCUT2D eigenvalue weighted by molar-refractivity contribution is -0.117. The van der Waals surface area contributed by atoms with Gasteiger partial charge in [-0.2, -0.15) is 5.10 Å². The molecule has 0 bridgehead atoms. The monoisotopic (exact) mass is 323 g/mol. The largest absolute Gasteiger partial charge is 0.494 e. The average Bonchev–Trinajstić information content (AvgIpc) is 3.35. The van der Waals surface area contributed by atoms with E-state index in [9.17, 15) is 4.79 Å². The summed E-state index contributed by atoms with van der Waals surface area (Å²) in [4.78, 5) is 20.8. The number of anilines is 1. The summed E-state index contributed by atoms with van der Waals surface area (Å²) < 4.78 is 7.13. The van der Waals surface area contributed by atoms with E-state index in [-0.39, 0.29) is 11.8 Å². The number of aryl methyl sites for hydroxylation is 1. The molecule has 0 spiro atoms. The van der Waals surface area contributed by atoms with Crippen molar-refractivity contribution < 1.29 is 9.53 Å². The van der Waals surface area contributed by atoms with Crippen LogP contribution in [0.3, 0.4) is 0 Å². The van der Waals surface area contributed by atoms with Crippen molar-refractivity contribution >= 4 is 22.5 Å². The number of carbonyl (C=O) groups is 1. The molecule has 1 aliphatic rings. The SMILES string of the molecule is COc1cc2ncnc(-c3ccn(C)n3)c2cc1NC(=O)C1CC1. The van der Waals surface area contributed by atoms with Crippen molar-refractivity contribution in [2.45, 2.75) is 12.8 Å². The summed E-state index contributed by atoms with van der Waals surface area (Å²) in [5.41, 5.74) is 2.86. The minimum atomic E-state index is 0.0314. The van der Waals surface area contributed by atoms with Gasteiger partial charge in [-0.1, -0.05) is 0 Å². The van der Waals surface area contributed by atoms with Crippen LogP contribution in [0.4, 0.5) is 5.69 Å². The third kappa shape index (κ3) is 2.58. The quantitative estimate of drug-likeness (QED) is 0.797. The van der Waals surface area contributed by atoms with Gasteiger partial charge in [0.25, 0.3) is 0 Å². The molecule has 2 aromatic heterocycles. The first kappa shape index (κ1) is 14.6. The van der Waals surface area contributed by atoms with Crippen molar-refractivity contribution in [3.05, 3.63) is 30.7 Å². The molecule has 1 aromatic carbocycles. The standard InChI is InChI=1S/C17H17N5O2/c1-22-6-5-12(21-22)16-11-7-14(20-17(23)10-3-4-10)15(24-2)8-13(11)18-9-19-16/h5-10H,3-4H2,1-2H3,(H,20,23). The van der Waals surface area contributed by atoms with Crippen LogP contribution in [0.1, 0.15) is 12.8 Å². The van der Waals surface area contributed by atoms with Crippen molar-refractivity contribution in [2.75, 3.05) is 12.4 Å². The second-order valence-electron chi connectivity index (χ2n) is 5.93. The highest BCUT2D eigenvalue weighted by atomic mass is 16.5. The van der Waals surface area contributed by atoms with Crippen molar-refractivity contribution in [1.82, 2.24) is 19.7 Å². The lowest BCUT2D eigenvalue weighted by atomic mass is 10.1. The molecule has 0 saturated heterocycles. The number of methoxy groups -OCH3 is 1. The fourth-order valence-electron chi connectivity index (χ4n) is 2.68. The molecule has 0 aliphatic heterocycles. The van der Waals surface area contributed by atoms with E-state index in [1.54, 1.807) is 11.8 Å². The van der Waals surface area contributed by atoms with Crippen LogP contribution < -0.4 is 10.1 Å². The van der Waals surface area contributed by atoms with Crippen LogP contribution in [0.15, 0.2) is 30.7 Å². The zero-order valence-corrected chi connectivity index (χ0v) is 13.5. The Balaban J connectivity index is 1.84. The van der Waals surface area contributed by atoms with Crippen LogP contribution >= 0.6 is 0 Å². The molecule has 1 fully saturated rings. The first-order valence-corrected chi connectivity index (χ1v) is 7.79. The Hall–Kier alpha value is -2.96. The van der Waals surface area contributed by atoms with Crippen LogP contribution in [0.2, 0.25) is 0 Å². The number of ether oxygens (including phenoxy) is 1. The van der Waals surface area contributed by atoms with Crippen LogP contribution in [0.5, 0.6) is 5.75 Å². The van der Waals surface area contributed by atoms with E-state index in [4.69, 9.17) is 4.74 Å². The molecule has 2 heterocycles. The Labute approximate surface area is 138 Å². The second kappa shape index (κ2) is 5.59. The molecule has 4 rings (SSSR count). The fourth-order valence-corrected chi connectivity index (χ4v) is 2.68. The predicted octanol–water partition coefficient (Wildman–Crippen LogP) is 2.39. The van der Waals surface area contributed by atoms with Crippen LogP contribution in [0, 0.1) is 5.92 Å². The predicted molar refractivity (Wildman–Crippen MR) is 89.6 cm³/mol. The van der Waals surface area contributed by atoms with Gasteiger partial charge in [0.05, 0.1) is 18.3 Å². The number of nitrogens with one attached hydrogen (secondary N) is 1. The molecule has 0 unspecified atom stereocenters. The summed E-state index contributed by atoms with van der Waals surface area (Å²) >= 11 is 0. The van der Waals surface area contributed by atoms with Gasteiger partial charge in [-0.05, 0) is 25.0 Å². The van der Waals surface area contributed by atoms with Gasteiger partial charge < -0.3 is 10.1 Å². The number of hydrogen-bond donors (Lipinski definition) is 1. The number of nitrogens with zero attached hydrogens (tertiary/aromatic N) is 4. The molecular weight excluding hydrogens is 306 g/mol. The molecule has 0 atom stereocenters. The molecule has 1 amide bonds. The topological polar surface area (TPSA) is 81.9 Å². The van der Waals surface area contributed by atoms with Gasteiger partial charge in [-0.25, -0.2) is 9.97 Å². The first-order valence-electron chi connectivity index (χ1n) is 7.79. The Kier molecular flexibility index (Phi) is 3.41. The molecule has 7 heteroatoms. The molecule has 24 heavy (non-hydrogen) atoms. The number of hydrogen-bond acceptors (Lipinski definition) is 5. The molecule has 1 N–H and O–H groups in total. The molecule has 0 radical (unpaired) electrons. The number of carbonyl (C=O) groups excluding carboxylic acids is 1. The third-order valence-electron chi connectivity index (χ3n) is 4.12. The van der Waals surface area contributed by atoms with Gasteiger partial charge in [0.15, 0.2) is 0 Å². The number of aromatic nitrogens is 4. The van der Waals surface area contributed by atoms with Crippen molar-refractivity contribution in [2.24, 2.45) is 13.0 Å². The van der Waals surface area contributed by atoms with E-state index in [1.807, 2.05) is 31.4 Å². The molecule has 1 aliphatic carbocycles. The van der Waals surface area contributed by atoms with Crippen LogP contribution in [-0.2, 0) is 11.8 Å². The van der Waals surface area contributed by atoms with E-state index in [0.29, 0.717) is 11.4 Å². The fraction of sp³-hybridized carbons (Fsp3) is 0.294. The van der Waals surface area contributed by atoms with Gasteiger partial charge in [-0.3, -0.25) is 9.48 Å². The van der Waals surface area contributed by atoms with Crippen molar-refractivity contribution in [3.8, 4) is 17.1 Å². The Morgan fingerprint density at radius 3 is 2.83 bits per heavy atom. The number of rotatable bonds is 4. The molecule has 122 valence electrons. The summed E-state index contributed by atoms with van der Waals surface area (Å²) in [7, 11) is 3.44. The van der Waals surface area contributed by atoms with Crippen molar-refractivity contribution in [1.29, 1.82) is 0 Å². The molecular formula is C17H17N5O2. The molecule has 1 saturated carbocycles.